The van der Waals surface area contributed by atoms with Gasteiger partial charge in [0.2, 0.25) is 5.91 Å². The number of nitrogens with one attached hydrogen (secondary N) is 1. The van der Waals surface area contributed by atoms with Gasteiger partial charge in [-0.2, -0.15) is 0 Å². The number of piperidine rings is 2. The highest BCUT2D eigenvalue weighted by Gasteiger charge is 2.30. The van der Waals surface area contributed by atoms with Crippen molar-refractivity contribution in [3.05, 3.63) is 0 Å². The van der Waals surface area contributed by atoms with Crippen LogP contribution < -0.4 is 5.32 Å². The summed E-state index contributed by atoms with van der Waals surface area (Å²) in [4.78, 5) is 17.1. The van der Waals surface area contributed by atoms with Crippen LogP contribution >= 0.6 is 0 Å². The van der Waals surface area contributed by atoms with E-state index >= 15 is 0 Å². The van der Waals surface area contributed by atoms with E-state index in [4.69, 9.17) is 0 Å². The summed E-state index contributed by atoms with van der Waals surface area (Å²) in [6, 6.07) is 0. The monoisotopic (exact) mass is 351 g/mol. The van der Waals surface area contributed by atoms with E-state index in [0.29, 0.717) is 12.0 Å². The molecular formula is C21H41N3O. The van der Waals surface area contributed by atoms with Crippen molar-refractivity contribution < 1.29 is 4.79 Å². The van der Waals surface area contributed by atoms with Crippen molar-refractivity contribution in [2.75, 3.05) is 39.3 Å². The SMILES string of the molecule is CC(C)(C)NCC(=O)N1CCC(CN2CCC(C(C)(C)C)CC2)CC1. The molecule has 0 radical (unpaired) electrons. The quantitative estimate of drug-likeness (QED) is 0.843. The molecule has 2 saturated heterocycles. The molecule has 2 aliphatic heterocycles. The minimum atomic E-state index is 0.00710. The zero-order valence-electron chi connectivity index (χ0n) is 17.5. The van der Waals surface area contributed by atoms with Crippen molar-refractivity contribution in [3.63, 3.8) is 0 Å². The first kappa shape index (κ1) is 20.7. The summed E-state index contributed by atoms with van der Waals surface area (Å²) in [7, 11) is 0. The number of rotatable bonds is 4. The molecule has 1 amide bonds. The Morgan fingerprint density at radius 2 is 1.48 bits per heavy atom. The van der Waals surface area contributed by atoms with E-state index in [9.17, 15) is 4.79 Å². The third kappa shape index (κ3) is 6.90. The summed E-state index contributed by atoms with van der Waals surface area (Å²) in [5, 5.41) is 3.31. The average molecular weight is 352 g/mol. The molecule has 2 aliphatic rings. The summed E-state index contributed by atoms with van der Waals surface area (Å²) in [5.74, 6) is 1.91. The Morgan fingerprint density at radius 3 is 1.96 bits per heavy atom. The molecule has 0 aromatic rings. The van der Waals surface area contributed by atoms with Gasteiger partial charge in [0.1, 0.15) is 0 Å². The minimum absolute atomic E-state index is 0.00710. The number of carbonyl (C=O) groups excluding carboxylic acids is 1. The molecule has 4 heteroatoms. The van der Waals surface area contributed by atoms with E-state index in [1.54, 1.807) is 0 Å². The summed E-state index contributed by atoms with van der Waals surface area (Å²) in [6.45, 7) is 19.6. The molecule has 0 aromatic carbocycles. The highest BCUT2D eigenvalue weighted by atomic mass is 16.2. The van der Waals surface area contributed by atoms with Crippen LogP contribution in [0.1, 0.15) is 67.2 Å². The molecule has 0 aromatic heterocycles. The summed E-state index contributed by atoms with van der Waals surface area (Å²) < 4.78 is 0. The molecule has 25 heavy (non-hydrogen) atoms. The van der Waals surface area contributed by atoms with Gasteiger partial charge >= 0.3 is 0 Å². The number of amides is 1. The number of hydrogen-bond donors (Lipinski definition) is 1. The second-order valence-electron chi connectivity index (χ2n) is 10.4. The van der Waals surface area contributed by atoms with Crippen LogP contribution in [0.4, 0.5) is 0 Å². The minimum Gasteiger partial charge on any atom is -0.342 e. The smallest absolute Gasteiger partial charge is 0.236 e. The maximum absolute atomic E-state index is 12.3. The summed E-state index contributed by atoms with van der Waals surface area (Å²) in [5.41, 5.74) is 0.464. The van der Waals surface area contributed by atoms with Crippen molar-refractivity contribution in [3.8, 4) is 0 Å². The normalized spacial score (nSPS) is 22.4. The van der Waals surface area contributed by atoms with Crippen LogP contribution in [0.15, 0.2) is 0 Å². The van der Waals surface area contributed by atoms with Crippen LogP contribution in [0, 0.1) is 17.3 Å². The van der Waals surface area contributed by atoms with E-state index in [0.717, 1.165) is 24.9 Å². The number of carbonyl (C=O) groups is 1. The standard InChI is InChI=1S/C21H41N3O/c1-20(2,3)18-9-11-23(12-10-18)16-17-7-13-24(14-8-17)19(25)15-22-21(4,5)6/h17-18,22H,7-16H2,1-6H3. The Balaban J connectivity index is 1.67. The van der Waals surface area contributed by atoms with Crippen LogP contribution in [-0.4, -0.2) is 60.5 Å². The molecule has 2 rings (SSSR count). The molecule has 0 unspecified atom stereocenters. The molecule has 2 fully saturated rings. The van der Waals surface area contributed by atoms with E-state index in [-0.39, 0.29) is 11.4 Å². The van der Waals surface area contributed by atoms with Gasteiger partial charge in [-0.1, -0.05) is 20.8 Å². The van der Waals surface area contributed by atoms with Gasteiger partial charge in [-0.3, -0.25) is 4.79 Å². The fourth-order valence-corrected chi connectivity index (χ4v) is 4.16. The highest BCUT2D eigenvalue weighted by molar-refractivity contribution is 5.78. The summed E-state index contributed by atoms with van der Waals surface area (Å²) in [6.07, 6.45) is 5.03. The van der Waals surface area contributed by atoms with Crippen molar-refractivity contribution in [1.29, 1.82) is 0 Å². The molecule has 0 spiro atoms. The number of nitrogens with zero attached hydrogens (tertiary/aromatic N) is 2. The van der Waals surface area contributed by atoms with Crippen LogP contribution in [-0.2, 0) is 4.79 Å². The first-order valence-corrected chi connectivity index (χ1v) is 10.3. The van der Waals surface area contributed by atoms with Crippen LogP contribution in [0.25, 0.3) is 0 Å². The fourth-order valence-electron chi connectivity index (χ4n) is 4.16. The first-order valence-electron chi connectivity index (χ1n) is 10.3. The molecule has 4 nitrogen and oxygen atoms in total. The van der Waals surface area contributed by atoms with Gasteiger partial charge in [0.25, 0.3) is 0 Å². The fraction of sp³-hybridized carbons (Fsp3) is 0.952. The Kier molecular flexibility index (Phi) is 6.94. The lowest BCUT2D eigenvalue weighted by molar-refractivity contribution is -0.132. The lowest BCUT2D eigenvalue weighted by Gasteiger charge is -2.41. The van der Waals surface area contributed by atoms with Crippen LogP contribution in [0.5, 0.6) is 0 Å². The molecule has 0 bridgehead atoms. The van der Waals surface area contributed by atoms with Crippen LogP contribution in [0.2, 0.25) is 0 Å². The second-order valence-corrected chi connectivity index (χ2v) is 10.4. The average Bonchev–Trinajstić information content (AvgIpc) is 2.52. The van der Waals surface area contributed by atoms with Crippen molar-refractivity contribution in [2.24, 2.45) is 17.3 Å². The van der Waals surface area contributed by atoms with E-state index in [1.165, 1.54) is 45.3 Å². The molecule has 0 atom stereocenters. The van der Waals surface area contributed by atoms with Gasteiger partial charge in [-0.05, 0) is 76.8 Å². The second kappa shape index (κ2) is 8.39. The van der Waals surface area contributed by atoms with Gasteiger partial charge in [0.05, 0.1) is 6.54 Å². The number of hydrogen-bond acceptors (Lipinski definition) is 3. The third-order valence-electron chi connectivity index (χ3n) is 6.07. The molecule has 146 valence electrons. The Bertz CT molecular complexity index is 419. The maximum atomic E-state index is 12.3. The lowest BCUT2D eigenvalue weighted by Crippen LogP contribution is -2.48. The molecular weight excluding hydrogens is 310 g/mol. The zero-order valence-corrected chi connectivity index (χ0v) is 17.5. The predicted octanol–water partition coefficient (Wildman–Crippen LogP) is 3.37. The third-order valence-corrected chi connectivity index (χ3v) is 6.07. The topological polar surface area (TPSA) is 35.6 Å². The van der Waals surface area contributed by atoms with Gasteiger partial charge < -0.3 is 15.1 Å². The van der Waals surface area contributed by atoms with Crippen LogP contribution in [0.3, 0.4) is 0 Å². The Hall–Kier alpha value is -0.610. The first-order chi connectivity index (χ1) is 11.5. The van der Waals surface area contributed by atoms with Crippen molar-refractivity contribution in [1.82, 2.24) is 15.1 Å². The Morgan fingerprint density at radius 1 is 0.920 bits per heavy atom. The zero-order chi connectivity index (χ0) is 18.7. The molecule has 2 heterocycles. The molecule has 0 aliphatic carbocycles. The van der Waals surface area contributed by atoms with Gasteiger partial charge in [0.15, 0.2) is 0 Å². The molecule has 0 saturated carbocycles. The predicted molar refractivity (Wildman–Crippen MR) is 106 cm³/mol. The lowest BCUT2D eigenvalue weighted by atomic mass is 9.75. The van der Waals surface area contributed by atoms with E-state index < -0.39 is 0 Å². The van der Waals surface area contributed by atoms with Gasteiger partial charge in [-0.15, -0.1) is 0 Å². The van der Waals surface area contributed by atoms with Crippen molar-refractivity contribution in [2.45, 2.75) is 72.8 Å². The summed E-state index contributed by atoms with van der Waals surface area (Å²) >= 11 is 0. The largest absolute Gasteiger partial charge is 0.342 e. The van der Waals surface area contributed by atoms with E-state index in [2.05, 4.69) is 56.7 Å². The van der Waals surface area contributed by atoms with Gasteiger partial charge in [-0.25, -0.2) is 0 Å². The molecule has 1 N–H and O–H groups in total. The van der Waals surface area contributed by atoms with Gasteiger partial charge in [0, 0.05) is 25.2 Å². The maximum Gasteiger partial charge on any atom is 0.236 e. The van der Waals surface area contributed by atoms with E-state index in [1.807, 2.05) is 0 Å². The number of likely N-dealkylation sites (tertiary alicyclic amines) is 2. The Labute approximate surface area is 155 Å². The van der Waals surface area contributed by atoms with Crippen molar-refractivity contribution >= 4 is 5.91 Å². The highest BCUT2D eigenvalue weighted by Crippen LogP contribution is 2.34.